The molecule has 1 aliphatic heterocycles. The molecule has 1 heterocycles. The lowest BCUT2D eigenvalue weighted by Gasteiger charge is -2.31. The van der Waals surface area contributed by atoms with Crippen LogP contribution in [0.1, 0.15) is 23.2 Å². The Morgan fingerprint density at radius 2 is 2.30 bits per heavy atom. The molecule has 2 rings (SSSR count). The molecule has 108 valence electrons. The lowest BCUT2D eigenvalue weighted by Crippen LogP contribution is -2.40. The van der Waals surface area contributed by atoms with E-state index >= 15 is 0 Å². The second-order valence-corrected chi connectivity index (χ2v) is 4.97. The highest BCUT2D eigenvalue weighted by Crippen LogP contribution is 2.24. The molecule has 0 aliphatic carbocycles. The summed E-state index contributed by atoms with van der Waals surface area (Å²) in [6.45, 7) is 1.13. The van der Waals surface area contributed by atoms with E-state index in [0.29, 0.717) is 13.1 Å². The fourth-order valence-electron chi connectivity index (χ4n) is 2.42. The minimum absolute atomic E-state index is 0.0402. The van der Waals surface area contributed by atoms with Crippen LogP contribution in [0, 0.1) is 16.0 Å². The largest absolute Gasteiger partial charge is 0.396 e. The third-order valence-corrected chi connectivity index (χ3v) is 3.54. The molecule has 1 aromatic rings. The predicted octanol–water partition coefficient (Wildman–Crippen LogP) is 1.02. The van der Waals surface area contributed by atoms with Gasteiger partial charge in [-0.2, -0.15) is 0 Å². The zero-order valence-corrected chi connectivity index (χ0v) is 11.0. The molecule has 0 bridgehead atoms. The number of nitrogen functional groups attached to an aromatic ring is 1. The number of nitrogens with two attached hydrogens (primary N) is 1. The zero-order valence-electron chi connectivity index (χ0n) is 11.0. The van der Waals surface area contributed by atoms with Crippen LogP contribution in [0.4, 0.5) is 11.4 Å². The number of nitrogens with zero attached hydrogens (tertiary/aromatic N) is 2. The average molecular weight is 279 g/mol. The van der Waals surface area contributed by atoms with Crippen LogP contribution in [0.25, 0.3) is 0 Å². The second-order valence-electron chi connectivity index (χ2n) is 4.97. The number of likely N-dealkylation sites (tertiary alicyclic amines) is 1. The summed E-state index contributed by atoms with van der Waals surface area (Å²) in [4.78, 5) is 24.2. The molecule has 1 aliphatic rings. The third-order valence-electron chi connectivity index (χ3n) is 3.54. The Labute approximate surface area is 116 Å². The van der Waals surface area contributed by atoms with Crippen molar-refractivity contribution in [2.75, 3.05) is 25.4 Å². The minimum atomic E-state index is -0.598. The Kier molecular flexibility index (Phi) is 4.19. The summed E-state index contributed by atoms with van der Waals surface area (Å²) in [5, 5.41) is 20.0. The van der Waals surface area contributed by atoms with Crippen molar-refractivity contribution in [1.82, 2.24) is 4.90 Å². The monoisotopic (exact) mass is 279 g/mol. The Balaban J connectivity index is 2.20. The van der Waals surface area contributed by atoms with Gasteiger partial charge in [-0.3, -0.25) is 14.9 Å². The van der Waals surface area contributed by atoms with E-state index in [0.717, 1.165) is 12.8 Å². The van der Waals surface area contributed by atoms with E-state index in [4.69, 9.17) is 5.73 Å². The van der Waals surface area contributed by atoms with Crippen LogP contribution in [0.15, 0.2) is 18.2 Å². The van der Waals surface area contributed by atoms with E-state index in [-0.39, 0.29) is 35.4 Å². The maximum absolute atomic E-state index is 12.3. The second kappa shape index (κ2) is 5.87. The van der Waals surface area contributed by atoms with E-state index in [1.807, 2.05) is 0 Å². The lowest BCUT2D eigenvalue weighted by atomic mass is 9.98. The van der Waals surface area contributed by atoms with Crippen molar-refractivity contribution in [2.24, 2.45) is 5.92 Å². The molecule has 0 aromatic heterocycles. The van der Waals surface area contributed by atoms with E-state index in [1.54, 1.807) is 4.90 Å². The molecule has 3 N–H and O–H groups in total. The van der Waals surface area contributed by atoms with Crippen LogP contribution >= 0.6 is 0 Å². The van der Waals surface area contributed by atoms with Gasteiger partial charge in [-0.05, 0) is 30.9 Å². The number of aliphatic hydroxyl groups is 1. The van der Waals surface area contributed by atoms with Gasteiger partial charge in [0.2, 0.25) is 0 Å². The average Bonchev–Trinajstić information content (AvgIpc) is 2.46. The summed E-state index contributed by atoms with van der Waals surface area (Å²) in [7, 11) is 0. The highest BCUT2D eigenvalue weighted by atomic mass is 16.6. The van der Waals surface area contributed by atoms with E-state index < -0.39 is 4.92 Å². The predicted molar refractivity (Wildman–Crippen MR) is 73.2 cm³/mol. The number of nitro benzene ring substituents is 1. The first-order valence-corrected chi connectivity index (χ1v) is 6.47. The van der Waals surface area contributed by atoms with Crippen LogP contribution in [0.3, 0.4) is 0 Å². The molecule has 0 saturated carbocycles. The van der Waals surface area contributed by atoms with Gasteiger partial charge in [0.15, 0.2) is 0 Å². The number of nitro groups is 1. The van der Waals surface area contributed by atoms with Gasteiger partial charge >= 0.3 is 0 Å². The summed E-state index contributed by atoms with van der Waals surface area (Å²) in [5.41, 5.74) is 5.55. The molecule has 1 aromatic carbocycles. The van der Waals surface area contributed by atoms with Gasteiger partial charge in [0.05, 0.1) is 4.92 Å². The summed E-state index contributed by atoms with van der Waals surface area (Å²) in [6.07, 6.45) is 1.72. The van der Waals surface area contributed by atoms with Crippen molar-refractivity contribution in [3.05, 3.63) is 33.9 Å². The first-order valence-electron chi connectivity index (χ1n) is 6.47. The number of piperidine rings is 1. The van der Waals surface area contributed by atoms with Crippen molar-refractivity contribution < 1.29 is 14.8 Å². The summed E-state index contributed by atoms with van der Waals surface area (Å²) >= 11 is 0. The number of aliphatic hydroxyl groups excluding tert-OH is 1. The first-order chi connectivity index (χ1) is 9.52. The minimum Gasteiger partial charge on any atom is -0.396 e. The molecule has 0 spiro atoms. The van der Waals surface area contributed by atoms with Crippen molar-refractivity contribution in [1.29, 1.82) is 0 Å². The Bertz CT molecular complexity index is 532. The van der Waals surface area contributed by atoms with Crippen LogP contribution in [-0.2, 0) is 0 Å². The topological polar surface area (TPSA) is 110 Å². The van der Waals surface area contributed by atoms with Crippen molar-refractivity contribution in [3.8, 4) is 0 Å². The van der Waals surface area contributed by atoms with E-state index in [1.165, 1.54) is 18.2 Å². The highest BCUT2D eigenvalue weighted by Gasteiger charge is 2.25. The van der Waals surface area contributed by atoms with Crippen molar-refractivity contribution in [2.45, 2.75) is 12.8 Å². The summed E-state index contributed by atoms with van der Waals surface area (Å²) in [5.74, 6) is -0.178. The van der Waals surface area contributed by atoms with Gasteiger partial charge < -0.3 is 15.7 Å². The maximum Gasteiger partial charge on any atom is 0.292 e. The SMILES string of the molecule is Nc1ccc(C(=O)N2CCCC(CO)C2)cc1[N+](=O)[O-]. The standard InChI is InChI=1S/C13H17N3O4/c14-11-4-3-10(6-12(11)16(19)20)13(18)15-5-1-2-9(7-15)8-17/h3-4,6,9,17H,1-2,5,7-8,14H2. The Hall–Kier alpha value is -2.15. The Morgan fingerprint density at radius 1 is 1.55 bits per heavy atom. The van der Waals surface area contributed by atoms with Gasteiger partial charge in [0, 0.05) is 31.3 Å². The molecular weight excluding hydrogens is 262 g/mol. The number of carbonyl (C=O) groups is 1. The zero-order chi connectivity index (χ0) is 14.7. The summed E-state index contributed by atoms with van der Waals surface area (Å²) in [6, 6.07) is 4.08. The van der Waals surface area contributed by atoms with Crippen LogP contribution < -0.4 is 5.73 Å². The molecule has 20 heavy (non-hydrogen) atoms. The molecule has 1 fully saturated rings. The number of amides is 1. The number of benzene rings is 1. The van der Waals surface area contributed by atoms with E-state index in [9.17, 15) is 20.0 Å². The normalized spacial score (nSPS) is 18.9. The van der Waals surface area contributed by atoms with Crippen LogP contribution in [-0.4, -0.2) is 40.5 Å². The van der Waals surface area contributed by atoms with Crippen LogP contribution in [0.5, 0.6) is 0 Å². The van der Waals surface area contributed by atoms with Gasteiger partial charge in [0.1, 0.15) is 5.69 Å². The molecule has 7 heteroatoms. The molecule has 1 saturated heterocycles. The number of hydrogen-bond acceptors (Lipinski definition) is 5. The molecule has 0 radical (unpaired) electrons. The van der Waals surface area contributed by atoms with Gasteiger partial charge in [-0.15, -0.1) is 0 Å². The van der Waals surface area contributed by atoms with Gasteiger partial charge in [-0.25, -0.2) is 0 Å². The quantitative estimate of drug-likeness (QED) is 0.487. The number of rotatable bonds is 3. The number of carbonyl (C=O) groups excluding carboxylic acids is 1. The molecule has 1 unspecified atom stereocenters. The maximum atomic E-state index is 12.3. The fourth-order valence-corrected chi connectivity index (χ4v) is 2.42. The number of hydrogen-bond donors (Lipinski definition) is 2. The van der Waals surface area contributed by atoms with Gasteiger partial charge in [0.25, 0.3) is 11.6 Å². The Morgan fingerprint density at radius 3 is 2.95 bits per heavy atom. The number of anilines is 1. The van der Waals surface area contributed by atoms with Gasteiger partial charge in [-0.1, -0.05) is 0 Å². The van der Waals surface area contributed by atoms with Crippen molar-refractivity contribution in [3.63, 3.8) is 0 Å². The molecule has 1 atom stereocenters. The van der Waals surface area contributed by atoms with Crippen molar-refractivity contribution >= 4 is 17.3 Å². The summed E-state index contributed by atoms with van der Waals surface area (Å²) < 4.78 is 0. The smallest absolute Gasteiger partial charge is 0.292 e. The van der Waals surface area contributed by atoms with E-state index in [2.05, 4.69) is 0 Å². The third kappa shape index (κ3) is 2.88. The molecular formula is C13H17N3O4. The first kappa shape index (κ1) is 14.3. The van der Waals surface area contributed by atoms with Crippen LogP contribution in [0.2, 0.25) is 0 Å². The molecule has 7 nitrogen and oxygen atoms in total. The fraction of sp³-hybridized carbons (Fsp3) is 0.462. The molecule has 1 amide bonds. The lowest BCUT2D eigenvalue weighted by molar-refractivity contribution is -0.383. The highest BCUT2D eigenvalue weighted by molar-refractivity contribution is 5.95.